The number of carbonyl (C=O) groups is 1. The second-order valence-corrected chi connectivity index (χ2v) is 6.09. The molecule has 2 N–H and O–H groups in total. The molecule has 1 aliphatic heterocycles. The minimum atomic E-state index is -0.505. The topological polar surface area (TPSA) is 46.3 Å². The third kappa shape index (κ3) is 3.01. The van der Waals surface area contributed by atoms with E-state index in [1.54, 1.807) is 0 Å². The van der Waals surface area contributed by atoms with Gasteiger partial charge in [-0.1, -0.05) is 42.5 Å². The number of likely N-dealkylation sites (tertiary alicyclic amines) is 1. The van der Waals surface area contributed by atoms with Gasteiger partial charge in [-0.15, -0.1) is 0 Å². The summed E-state index contributed by atoms with van der Waals surface area (Å²) < 4.78 is 0. The van der Waals surface area contributed by atoms with E-state index >= 15 is 0 Å². The van der Waals surface area contributed by atoms with Crippen LogP contribution in [0.25, 0.3) is 0 Å². The standard InChI is InChI=1S/C16H22N2OS/c1-11-7-6-8-12(2)18(11)16(19)14(15(17)20)13-9-4-3-5-10-13/h3-5,9-12,14H,6-8H2,1-2H3,(H2,17,20). The molecule has 108 valence electrons. The first-order chi connectivity index (χ1) is 9.52. The molecule has 0 radical (unpaired) electrons. The molecule has 1 aromatic carbocycles. The summed E-state index contributed by atoms with van der Waals surface area (Å²) in [6.07, 6.45) is 3.28. The van der Waals surface area contributed by atoms with Crippen LogP contribution in [0.4, 0.5) is 0 Å². The lowest BCUT2D eigenvalue weighted by Crippen LogP contribution is -2.51. The Morgan fingerprint density at radius 2 is 1.80 bits per heavy atom. The molecule has 1 aromatic rings. The number of nitrogens with two attached hydrogens (primary N) is 1. The average Bonchev–Trinajstić information content (AvgIpc) is 2.39. The Balaban J connectivity index is 2.30. The molecule has 1 heterocycles. The highest BCUT2D eigenvalue weighted by molar-refractivity contribution is 7.80. The van der Waals surface area contributed by atoms with Crippen LogP contribution in [0.1, 0.15) is 44.6 Å². The van der Waals surface area contributed by atoms with Crippen molar-refractivity contribution in [2.75, 3.05) is 0 Å². The molecule has 1 fully saturated rings. The third-order valence-corrected chi connectivity index (χ3v) is 4.35. The van der Waals surface area contributed by atoms with Crippen LogP contribution in [0.2, 0.25) is 0 Å². The molecule has 1 aliphatic rings. The fourth-order valence-corrected chi connectivity index (χ4v) is 3.32. The van der Waals surface area contributed by atoms with Crippen LogP contribution in [0, 0.1) is 0 Å². The smallest absolute Gasteiger partial charge is 0.237 e. The molecule has 20 heavy (non-hydrogen) atoms. The third-order valence-electron chi connectivity index (χ3n) is 4.11. The molecule has 2 rings (SSSR count). The Morgan fingerprint density at radius 1 is 1.25 bits per heavy atom. The minimum absolute atomic E-state index is 0.0448. The number of hydrogen-bond acceptors (Lipinski definition) is 2. The summed E-state index contributed by atoms with van der Waals surface area (Å²) in [6, 6.07) is 10.1. The second kappa shape index (κ2) is 6.35. The lowest BCUT2D eigenvalue weighted by molar-refractivity contribution is -0.137. The predicted molar refractivity (Wildman–Crippen MR) is 85.6 cm³/mol. The maximum atomic E-state index is 12.9. The number of nitrogens with zero attached hydrogens (tertiary/aromatic N) is 1. The Bertz CT molecular complexity index is 479. The SMILES string of the molecule is CC1CCCC(C)N1C(=O)C(C(N)=S)c1ccccc1. The summed E-state index contributed by atoms with van der Waals surface area (Å²) >= 11 is 5.15. The van der Waals surface area contributed by atoms with Gasteiger partial charge in [0.2, 0.25) is 5.91 Å². The zero-order valence-corrected chi connectivity index (χ0v) is 12.9. The first-order valence-corrected chi connectivity index (χ1v) is 7.59. The summed E-state index contributed by atoms with van der Waals surface area (Å²) in [5.41, 5.74) is 6.74. The van der Waals surface area contributed by atoms with Crippen molar-refractivity contribution in [2.24, 2.45) is 5.73 Å². The Hall–Kier alpha value is -1.42. The van der Waals surface area contributed by atoms with Gasteiger partial charge in [0.05, 0.1) is 4.99 Å². The van der Waals surface area contributed by atoms with E-state index in [2.05, 4.69) is 13.8 Å². The molecule has 0 bridgehead atoms. The van der Waals surface area contributed by atoms with Crippen LogP contribution in [0.5, 0.6) is 0 Å². The zero-order chi connectivity index (χ0) is 14.7. The number of carbonyl (C=O) groups excluding carboxylic acids is 1. The Labute approximate surface area is 126 Å². The molecule has 3 unspecified atom stereocenters. The van der Waals surface area contributed by atoms with Gasteiger partial charge in [0, 0.05) is 12.1 Å². The van der Waals surface area contributed by atoms with E-state index < -0.39 is 5.92 Å². The van der Waals surface area contributed by atoms with Crippen molar-refractivity contribution >= 4 is 23.1 Å². The first kappa shape index (κ1) is 15.0. The van der Waals surface area contributed by atoms with E-state index in [1.165, 1.54) is 6.42 Å². The summed E-state index contributed by atoms with van der Waals surface area (Å²) in [7, 11) is 0. The van der Waals surface area contributed by atoms with Crippen LogP contribution >= 0.6 is 12.2 Å². The van der Waals surface area contributed by atoms with Gasteiger partial charge in [0.25, 0.3) is 0 Å². The van der Waals surface area contributed by atoms with E-state index in [0.29, 0.717) is 0 Å². The average molecular weight is 290 g/mol. The molecule has 0 aromatic heterocycles. The van der Waals surface area contributed by atoms with E-state index in [1.807, 2.05) is 35.2 Å². The van der Waals surface area contributed by atoms with Crippen LogP contribution < -0.4 is 5.73 Å². The van der Waals surface area contributed by atoms with Gasteiger partial charge in [-0.25, -0.2) is 0 Å². The Morgan fingerprint density at radius 3 is 2.30 bits per heavy atom. The highest BCUT2D eigenvalue weighted by atomic mass is 32.1. The van der Waals surface area contributed by atoms with E-state index in [0.717, 1.165) is 18.4 Å². The highest BCUT2D eigenvalue weighted by Crippen LogP contribution is 2.28. The summed E-state index contributed by atoms with van der Waals surface area (Å²) in [6.45, 7) is 4.21. The van der Waals surface area contributed by atoms with Crippen LogP contribution in [0.3, 0.4) is 0 Å². The molecule has 0 saturated carbocycles. The zero-order valence-electron chi connectivity index (χ0n) is 12.1. The molecule has 0 spiro atoms. The normalized spacial score (nSPS) is 24.2. The maximum Gasteiger partial charge on any atom is 0.237 e. The fraction of sp³-hybridized carbons (Fsp3) is 0.500. The van der Waals surface area contributed by atoms with Crippen LogP contribution in [0.15, 0.2) is 30.3 Å². The summed E-state index contributed by atoms with van der Waals surface area (Å²) in [5, 5.41) is 0. The fourth-order valence-electron chi connectivity index (χ4n) is 3.08. The molecule has 3 atom stereocenters. The minimum Gasteiger partial charge on any atom is -0.392 e. The highest BCUT2D eigenvalue weighted by Gasteiger charge is 2.35. The second-order valence-electron chi connectivity index (χ2n) is 5.62. The van der Waals surface area contributed by atoms with Crippen molar-refractivity contribution < 1.29 is 4.79 Å². The van der Waals surface area contributed by atoms with Crippen LogP contribution in [-0.2, 0) is 4.79 Å². The van der Waals surface area contributed by atoms with Crippen molar-refractivity contribution in [1.29, 1.82) is 0 Å². The molecule has 0 aliphatic carbocycles. The van der Waals surface area contributed by atoms with Gasteiger partial charge in [-0.2, -0.15) is 0 Å². The van der Waals surface area contributed by atoms with Crippen molar-refractivity contribution in [1.82, 2.24) is 4.90 Å². The van der Waals surface area contributed by atoms with E-state index in [4.69, 9.17) is 18.0 Å². The number of piperidine rings is 1. The molecule has 3 nitrogen and oxygen atoms in total. The molecule has 1 amide bonds. The molecular formula is C16H22N2OS. The quantitative estimate of drug-likeness (QED) is 0.871. The maximum absolute atomic E-state index is 12.9. The molecular weight excluding hydrogens is 268 g/mol. The lowest BCUT2D eigenvalue weighted by Gasteiger charge is -2.40. The van der Waals surface area contributed by atoms with Gasteiger partial charge in [0.15, 0.2) is 0 Å². The number of benzene rings is 1. The van der Waals surface area contributed by atoms with Gasteiger partial charge in [0.1, 0.15) is 5.92 Å². The molecule has 1 saturated heterocycles. The summed E-state index contributed by atoms with van der Waals surface area (Å²) in [5.74, 6) is -0.461. The van der Waals surface area contributed by atoms with Gasteiger partial charge in [-0.3, -0.25) is 4.79 Å². The van der Waals surface area contributed by atoms with Crippen molar-refractivity contribution in [3.63, 3.8) is 0 Å². The van der Waals surface area contributed by atoms with Crippen molar-refractivity contribution in [3.8, 4) is 0 Å². The van der Waals surface area contributed by atoms with E-state index in [9.17, 15) is 4.79 Å². The van der Waals surface area contributed by atoms with Crippen molar-refractivity contribution in [3.05, 3.63) is 35.9 Å². The van der Waals surface area contributed by atoms with Gasteiger partial charge in [-0.05, 0) is 38.7 Å². The Kier molecular flexibility index (Phi) is 4.76. The summed E-state index contributed by atoms with van der Waals surface area (Å²) in [4.78, 5) is 15.1. The number of thiocarbonyl (C=S) groups is 1. The largest absolute Gasteiger partial charge is 0.392 e. The van der Waals surface area contributed by atoms with Crippen molar-refractivity contribution in [2.45, 2.75) is 51.1 Å². The van der Waals surface area contributed by atoms with E-state index in [-0.39, 0.29) is 23.0 Å². The van der Waals surface area contributed by atoms with Gasteiger partial charge >= 0.3 is 0 Å². The van der Waals surface area contributed by atoms with Gasteiger partial charge < -0.3 is 10.6 Å². The number of rotatable bonds is 3. The van der Waals surface area contributed by atoms with Crippen LogP contribution in [-0.4, -0.2) is 27.9 Å². The predicted octanol–water partition coefficient (Wildman–Crippen LogP) is 2.85. The number of amides is 1. The molecule has 4 heteroatoms. The number of hydrogen-bond donors (Lipinski definition) is 1. The first-order valence-electron chi connectivity index (χ1n) is 7.18. The monoisotopic (exact) mass is 290 g/mol. The lowest BCUT2D eigenvalue weighted by atomic mass is 9.92.